The van der Waals surface area contributed by atoms with E-state index < -0.39 is 5.54 Å². The molecule has 7 N–H and O–H groups in total. The molecule has 13 nitrogen and oxygen atoms in total. The number of rotatable bonds is 7. The number of nitrogens with one attached hydrogen (secondary N) is 3. The van der Waals surface area contributed by atoms with Gasteiger partial charge in [-0.25, -0.2) is 19.9 Å². The lowest BCUT2D eigenvalue weighted by molar-refractivity contribution is 0.0387. The van der Waals surface area contributed by atoms with Crippen molar-refractivity contribution in [2.45, 2.75) is 110 Å². The Kier molecular flexibility index (Phi) is 11.5. The van der Waals surface area contributed by atoms with Crippen LogP contribution in [0.4, 0.5) is 34.6 Å². The largest absolute Gasteiger partial charge is 0.497 e. The van der Waals surface area contributed by atoms with E-state index in [1.165, 1.54) is 19.1 Å². The van der Waals surface area contributed by atoms with Gasteiger partial charge in [0.15, 0.2) is 0 Å². The van der Waals surface area contributed by atoms with Gasteiger partial charge in [0, 0.05) is 39.9 Å². The lowest BCUT2D eigenvalue weighted by Gasteiger charge is -2.43. The molecule has 0 bridgehead atoms. The fourth-order valence-electron chi connectivity index (χ4n) is 9.79. The molecule has 2 aliphatic carbocycles. The zero-order valence-corrected chi connectivity index (χ0v) is 36.8. The number of amides is 2. The average Bonchev–Trinajstić information content (AvgIpc) is 3.66. The molecule has 0 saturated heterocycles. The molecule has 15 heteroatoms. The van der Waals surface area contributed by atoms with Crippen LogP contribution >= 0.6 is 23.2 Å². The smallest absolute Gasteiger partial charge is 0.255 e. The van der Waals surface area contributed by atoms with E-state index in [2.05, 4.69) is 40.8 Å². The number of fused-ring (bicyclic) bond motifs is 4. The summed E-state index contributed by atoms with van der Waals surface area (Å²) in [5.74, 6) is 2.90. The van der Waals surface area contributed by atoms with Gasteiger partial charge in [0.2, 0.25) is 0 Å². The van der Waals surface area contributed by atoms with Crippen molar-refractivity contribution in [1.29, 1.82) is 0 Å². The van der Waals surface area contributed by atoms with Crippen LogP contribution in [0.2, 0.25) is 10.0 Å². The van der Waals surface area contributed by atoms with Gasteiger partial charge in [0.05, 0.1) is 39.6 Å². The number of benzene rings is 3. The zero-order valence-electron chi connectivity index (χ0n) is 35.3. The zero-order chi connectivity index (χ0) is 43.2. The van der Waals surface area contributed by atoms with Gasteiger partial charge in [-0.2, -0.15) is 0 Å². The van der Waals surface area contributed by atoms with Crippen molar-refractivity contribution in [3.8, 4) is 5.75 Å². The van der Waals surface area contributed by atoms with Crippen LogP contribution in [0.3, 0.4) is 0 Å². The second-order valence-corrected chi connectivity index (χ2v) is 17.5. The lowest BCUT2D eigenvalue weighted by Crippen LogP contribution is -2.44. The van der Waals surface area contributed by atoms with E-state index in [1.54, 1.807) is 7.11 Å². The van der Waals surface area contributed by atoms with Crippen molar-refractivity contribution in [2.75, 3.05) is 29.2 Å². The normalized spacial score (nSPS) is 17.1. The quantitative estimate of drug-likeness (QED) is 0.105. The van der Waals surface area contributed by atoms with Gasteiger partial charge >= 0.3 is 0 Å². The topological polar surface area (TPSA) is 186 Å². The fourth-order valence-corrected chi connectivity index (χ4v) is 10.5. The summed E-state index contributed by atoms with van der Waals surface area (Å²) in [4.78, 5) is 45.3. The van der Waals surface area contributed by atoms with E-state index >= 15 is 0 Å². The van der Waals surface area contributed by atoms with Crippen LogP contribution in [-0.2, 0) is 17.6 Å². The molecular formula is C46H52Cl2N10O3. The Morgan fingerprint density at radius 1 is 0.721 bits per heavy atom. The standard InChI is InChI=1S/C27H30ClN5O2.C19H22ClN5O/c1-16-13-20(32-25-17(2)24(29)30-15-31-25)23(28)22-21(16)26(34)33(27(22)11-5-4-6-12-27)14-18-7-9-19(35-3)10-8-18;1-10-8-12(24-17-11(2)16(21)22-9-23-17)15(20)14-13(10)18(26)25-19(14)6-4-3-5-7-19/h7-10,13,15H,4-6,11-12,14H2,1-3H3,(H3,29,30,31,32);8-9H,3-7H2,1-2H3,(H,25,26)(H3,21,22,23,24). The number of carbonyl (C=O) groups is 2. The predicted molar refractivity (Wildman–Crippen MR) is 241 cm³/mol. The molecule has 2 spiro atoms. The number of nitrogen functional groups attached to an aromatic ring is 2. The Hall–Kier alpha value is -5.66. The first kappa shape index (κ1) is 42.0. The minimum absolute atomic E-state index is 0.0182. The monoisotopic (exact) mass is 862 g/mol. The van der Waals surface area contributed by atoms with Gasteiger partial charge in [-0.05, 0) is 94.3 Å². The van der Waals surface area contributed by atoms with Gasteiger partial charge in [-0.15, -0.1) is 0 Å². The number of carbonyl (C=O) groups excluding carboxylic acids is 2. The molecule has 0 atom stereocenters. The van der Waals surface area contributed by atoms with Crippen LogP contribution in [0.15, 0.2) is 49.1 Å². The highest BCUT2D eigenvalue weighted by atomic mass is 35.5. The molecule has 61 heavy (non-hydrogen) atoms. The van der Waals surface area contributed by atoms with E-state index in [-0.39, 0.29) is 17.4 Å². The van der Waals surface area contributed by atoms with Crippen molar-refractivity contribution in [1.82, 2.24) is 30.2 Å². The molecule has 0 unspecified atom stereocenters. The first-order valence-corrected chi connectivity index (χ1v) is 21.7. The summed E-state index contributed by atoms with van der Waals surface area (Å²) in [5, 5.41) is 11.0. The molecule has 2 fully saturated rings. The number of hydrogen-bond donors (Lipinski definition) is 5. The maximum atomic E-state index is 13.9. The maximum absolute atomic E-state index is 13.9. The second-order valence-electron chi connectivity index (χ2n) is 16.8. The van der Waals surface area contributed by atoms with E-state index in [9.17, 15) is 9.59 Å². The number of ether oxygens (including phenoxy) is 1. The first-order valence-electron chi connectivity index (χ1n) is 20.9. The number of nitrogens with two attached hydrogens (primary N) is 2. The van der Waals surface area contributed by atoms with E-state index in [0.717, 1.165) is 125 Å². The van der Waals surface area contributed by atoms with E-state index in [0.29, 0.717) is 39.9 Å². The van der Waals surface area contributed by atoms with Gasteiger partial charge in [0.25, 0.3) is 11.8 Å². The first-order chi connectivity index (χ1) is 29.3. The summed E-state index contributed by atoms with van der Waals surface area (Å²) < 4.78 is 5.31. The molecule has 318 valence electrons. The minimum Gasteiger partial charge on any atom is -0.497 e. The predicted octanol–water partition coefficient (Wildman–Crippen LogP) is 9.87. The summed E-state index contributed by atoms with van der Waals surface area (Å²) in [6, 6.07) is 11.8. The van der Waals surface area contributed by atoms with Crippen molar-refractivity contribution in [2.24, 2.45) is 0 Å². The van der Waals surface area contributed by atoms with Gasteiger partial charge < -0.3 is 37.1 Å². The summed E-state index contributed by atoms with van der Waals surface area (Å²) >= 11 is 14.0. The van der Waals surface area contributed by atoms with Crippen molar-refractivity contribution in [3.63, 3.8) is 0 Å². The third-order valence-electron chi connectivity index (χ3n) is 13.1. The third kappa shape index (κ3) is 7.45. The fraction of sp³-hybridized carbons (Fsp3) is 0.391. The Bertz CT molecular complexity index is 2540. The van der Waals surface area contributed by atoms with Gasteiger partial charge in [-0.3, -0.25) is 9.59 Å². The number of halogens is 2. The molecule has 2 aliphatic heterocycles. The Balaban J connectivity index is 0.000000176. The van der Waals surface area contributed by atoms with Crippen molar-refractivity contribution in [3.05, 3.63) is 109 Å². The SMILES string of the molecule is COc1ccc(CN2C(=O)c3c(C)cc(Nc4ncnc(N)c4C)c(Cl)c3C23CCCCC3)cc1.Cc1cc(Nc2ncnc(N)c2C)c(Cl)c2c1C(=O)NC21CCCCC1. The highest BCUT2D eigenvalue weighted by molar-refractivity contribution is 6.36. The highest BCUT2D eigenvalue weighted by Crippen LogP contribution is 2.55. The van der Waals surface area contributed by atoms with Crippen LogP contribution < -0.4 is 32.2 Å². The van der Waals surface area contributed by atoms with E-state index in [1.807, 2.05) is 64.1 Å². The van der Waals surface area contributed by atoms with Crippen molar-refractivity contribution >= 4 is 69.7 Å². The number of nitrogens with zero attached hydrogens (tertiary/aromatic N) is 5. The summed E-state index contributed by atoms with van der Waals surface area (Å²) in [6.07, 6.45) is 13.1. The molecule has 9 rings (SSSR count). The molecule has 5 aromatic rings. The third-order valence-corrected chi connectivity index (χ3v) is 13.8. The summed E-state index contributed by atoms with van der Waals surface area (Å²) in [6.45, 7) is 8.18. The van der Waals surface area contributed by atoms with Crippen LogP contribution in [-0.4, -0.2) is 43.8 Å². The Morgan fingerprint density at radius 3 is 1.77 bits per heavy atom. The molecule has 2 aromatic heterocycles. The van der Waals surface area contributed by atoms with E-state index in [4.69, 9.17) is 39.4 Å². The molecule has 0 radical (unpaired) electrons. The number of methoxy groups -OCH3 is 1. The van der Waals surface area contributed by atoms with Gasteiger partial charge in [-0.1, -0.05) is 73.9 Å². The number of aryl methyl sites for hydroxylation is 2. The minimum atomic E-state index is -0.427. The van der Waals surface area contributed by atoms with Crippen molar-refractivity contribution < 1.29 is 14.3 Å². The van der Waals surface area contributed by atoms with Crippen LogP contribution in [0.25, 0.3) is 0 Å². The second kappa shape index (κ2) is 16.7. The molecule has 3 aromatic carbocycles. The number of aromatic nitrogens is 4. The maximum Gasteiger partial charge on any atom is 0.255 e. The molecule has 4 heterocycles. The van der Waals surface area contributed by atoms with Gasteiger partial charge in [0.1, 0.15) is 41.7 Å². The lowest BCUT2D eigenvalue weighted by atomic mass is 9.75. The van der Waals surface area contributed by atoms with Crippen LogP contribution in [0.1, 0.15) is 124 Å². The number of anilines is 6. The molecule has 2 amide bonds. The number of hydrogen-bond acceptors (Lipinski definition) is 11. The van der Waals surface area contributed by atoms with Crippen LogP contribution in [0, 0.1) is 27.7 Å². The average molecular weight is 864 g/mol. The highest BCUT2D eigenvalue weighted by Gasteiger charge is 2.52. The Labute approximate surface area is 366 Å². The Morgan fingerprint density at radius 2 is 1.23 bits per heavy atom. The summed E-state index contributed by atoms with van der Waals surface area (Å²) in [7, 11) is 1.65. The molecule has 4 aliphatic rings. The molecular weight excluding hydrogens is 811 g/mol. The van der Waals surface area contributed by atoms with Crippen LogP contribution in [0.5, 0.6) is 5.75 Å². The molecule has 2 saturated carbocycles. The summed E-state index contributed by atoms with van der Waals surface area (Å²) in [5.41, 5.74) is 20.3.